The Morgan fingerprint density at radius 2 is 1.45 bits per heavy atom. The van der Waals surface area contributed by atoms with Gasteiger partial charge < -0.3 is 5.11 Å². The second-order valence-corrected chi connectivity index (χ2v) is 11.8. The number of aryl methyl sites for hydroxylation is 2. The Hall–Kier alpha value is -4.77. The van der Waals surface area contributed by atoms with Crippen LogP contribution in [-0.4, -0.2) is 24.6 Å². The maximum Gasteiger partial charge on any atom is 0.146 e. The number of benzene rings is 3. The van der Waals surface area contributed by atoms with Crippen molar-refractivity contribution in [2.45, 2.75) is 52.4 Å². The average Bonchev–Trinajstić information content (AvgIpc) is 3.45. The highest BCUT2D eigenvalue weighted by atomic mass is 16.3. The van der Waals surface area contributed by atoms with E-state index in [1.54, 1.807) is 6.07 Å². The molecule has 0 bridgehead atoms. The monoisotopic (exact) mass is 550 g/mol. The molecule has 0 saturated heterocycles. The number of aromatic hydroxyl groups is 1. The lowest BCUT2D eigenvalue weighted by Crippen LogP contribution is -2.08. The first-order chi connectivity index (χ1) is 20.4. The number of hydrogen-bond donors (Lipinski definition) is 1. The van der Waals surface area contributed by atoms with E-state index in [1.807, 2.05) is 24.4 Å². The van der Waals surface area contributed by atoms with Crippen LogP contribution in [0.3, 0.4) is 0 Å². The van der Waals surface area contributed by atoms with Crippen molar-refractivity contribution in [2.75, 3.05) is 0 Å². The number of para-hydroxylation sites is 1. The maximum absolute atomic E-state index is 10.8. The molecule has 0 amide bonds. The van der Waals surface area contributed by atoms with E-state index in [1.165, 1.54) is 16.8 Å². The molecule has 0 saturated carbocycles. The number of phenolic OH excluding ortho intramolecular Hbond substituents is 1. The van der Waals surface area contributed by atoms with Crippen LogP contribution in [0.2, 0.25) is 0 Å². The van der Waals surface area contributed by atoms with E-state index < -0.39 is 0 Å². The summed E-state index contributed by atoms with van der Waals surface area (Å²) >= 11 is 0. The van der Waals surface area contributed by atoms with E-state index in [0.717, 1.165) is 68.9 Å². The summed E-state index contributed by atoms with van der Waals surface area (Å²) < 4.78 is 2.27. The van der Waals surface area contributed by atoms with Gasteiger partial charge in [0.25, 0.3) is 0 Å². The predicted octanol–water partition coefficient (Wildman–Crippen LogP) is 8.87. The van der Waals surface area contributed by atoms with Gasteiger partial charge in [0.15, 0.2) is 0 Å². The fraction of sp³-hybridized carbons (Fsp3) is 0.216. The van der Waals surface area contributed by atoms with Gasteiger partial charge in [-0.25, -0.2) is 9.97 Å². The third-order valence-corrected chi connectivity index (χ3v) is 8.45. The zero-order valence-corrected chi connectivity index (χ0v) is 24.5. The van der Waals surface area contributed by atoms with Crippen molar-refractivity contribution in [1.29, 1.82) is 0 Å². The van der Waals surface area contributed by atoms with Crippen LogP contribution < -0.4 is 0 Å². The summed E-state index contributed by atoms with van der Waals surface area (Å²) in [7, 11) is 0. The van der Waals surface area contributed by atoms with Crippen LogP contribution in [0, 0.1) is 0 Å². The molecular weight excluding hydrogens is 516 g/mol. The van der Waals surface area contributed by atoms with Crippen molar-refractivity contribution in [1.82, 2.24) is 19.5 Å². The zero-order chi connectivity index (χ0) is 29.0. The van der Waals surface area contributed by atoms with E-state index >= 15 is 0 Å². The molecule has 0 fully saturated rings. The molecule has 3 heterocycles. The smallest absolute Gasteiger partial charge is 0.146 e. The lowest BCUT2D eigenvalue weighted by molar-refractivity contribution is 0.476. The van der Waals surface area contributed by atoms with Gasteiger partial charge in [0.05, 0.1) is 22.6 Å². The van der Waals surface area contributed by atoms with Gasteiger partial charge in [-0.05, 0) is 71.2 Å². The summed E-state index contributed by atoms with van der Waals surface area (Å²) in [6.07, 6.45) is 5.77. The first kappa shape index (κ1) is 26.1. The van der Waals surface area contributed by atoms with Crippen LogP contribution in [0.1, 0.15) is 61.8 Å². The fourth-order valence-corrected chi connectivity index (χ4v) is 6.34. The van der Waals surface area contributed by atoms with E-state index in [4.69, 9.17) is 9.97 Å². The van der Waals surface area contributed by atoms with Gasteiger partial charge in [0, 0.05) is 28.9 Å². The molecule has 7 rings (SSSR count). The molecule has 0 spiro atoms. The minimum absolute atomic E-state index is 0.278. The summed E-state index contributed by atoms with van der Waals surface area (Å²) in [6, 6.07) is 26.9. The normalized spacial score (nSPS) is 12.6. The van der Waals surface area contributed by atoms with Gasteiger partial charge >= 0.3 is 0 Å². The number of pyridine rings is 2. The highest BCUT2D eigenvalue weighted by Crippen LogP contribution is 2.41. The van der Waals surface area contributed by atoms with Gasteiger partial charge in [-0.1, -0.05) is 82.3 Å². The minimum Gasteiger partial charge on any atom is -0.507 e. The highest BCUT2D eigenvalue weighted by Gasteiger charge is 2.25. The molecule has 5 nitrogen and oxygen atoms in total. The van der Waals surface area contributed by atoms with Crippen molar-refractivity contribution < 1.29 is 5.11 Å². The zero-order valence-electron chi connectivity index (χ0n) is 24.5. The van der Waals surface area contributed by atoms with Crippen LogP contribution in [0.4, 0.5) is 0 Å². The Morgan fingerprint density at radius 1 is 0.714 bits per heavy atom. The Balaban J connectivity index is 1.51. The van der Waals surface area contributed by atoms with Crippen molar-refractivity contribution in [2.24, 2.45) is 0 Å². The largest absolute Gasteiger partial charge is 0.507 e. The Kier molecular flexibility index (Phi) is 6.38. The molecule has 3 aromatic heterocycles. The topological polar surface area (TPSA) is 63.8 Å². The first-order valence-corrected chi connectivity index (χ1v) is 14.8. The lowest BCUT2D eigenvalue weighted by atomic mass is 9.88. The Bertz CT molecular complexity index is 1940. The number of imidazole rings is 1. The van der Waals surface area contributed by atoms with Crippen molar-refractivity contribution in [3.8, 4) is 45.5 Å². The van der Waals surface area contributed by atoms with E-state index in [2.05, 4.69) is 98.0 Å². The first-order valence-electron chi connectivity index (χ1n) is 14.8. The molecule has 0 aliphatic heterocycles. The SMILES string of the molecule is CC(C)c1cccc(C(C)C)c1-n1cc(-c2ccc3c(n2)-c2c(O)cccc2CC3)nc1-c1cccc2ncccc12. The van der Waals surface area contributed by atoms with Gasteiger partial charge in [0.2, 0.25) is 0 Å². The van der Waals surface area contributed by atoms with Gasteiger partial charge in [0.1, 0.15) is 17.3 Å². The quantitative estimate of drug-likeness (QED) is 0.233. The van der Waals surface area contributed by atoms with Gasteiger partial charge in [-0.3, -0.25) is 9.55 Å². The Morgan fingerprint density at radius 3 is 2.24 bits per heavy atom. The molecule has 1 aliphatic rings. The number of rotatable bonds is 5. The third kappa shape index (κ3) is 4.28. The minimum atomic E-state index is 0.278. The number of aromatic nitrogens is 4. The maximum atomic E-state index is 10.8. The van der Waals surface area contributed by atoms with Crippen molar-refractivity contribution >= 4 is 10.9 Å². The summed E-state index contributed by atoms with van der Waals surface area (Å²) in [5, 5.41) is 11.9. The van der Waals surface area contributed by atoms with E-state index in [0.29, 0.717) is 11.8 Å². The Labute approximate surface area is 246 Å². The second kappa shape index (κ2) is 10.3. The lowest BCUT2D eigenvalue weighted by Gasteiger charge is -2.22. The molecule has 0 radical (unpaired) electrons. The molecule has 42 heavy (non-hydrogen) atoms. The second-order valence-electron chi connectivity index (χ2n) is 11.8. The molecular formula is C37H34N4O. The van der Waals surface area contributed by atoms with Crippen LogP contribution in [0.25, 0.3) is 50.6 Å². The molecule has 0 atom stereocenters. The number of fused-ring (bicyclic) bond motifs is 4. The molecule has 3 aromatic carbocycles. The number of phenols is 1. The predicted molar refractivity (Wildman–Crippen MR) is 170 cm³/mol. The molecule has 6 aromatic rings. The molecule has 5 heteroatoms. The summed E-state index contributed by atoms with van der Waals surface area (Å²) in [5.41, 5.74) is 11.3. The van der Waals surface area contributed by atoms with Crippen molar-refractivity contribution in [3.05, 3.63) is 114 Å². The van der Waals surface area contributed by atoms with Gasteiger partial charge in [-0.15, -0.1) is 0 Å². The van der Waals surface area contributed by atoms with E-state index in [-0.39, 0.29) is 5.75 Å². The summed E-state index contributed by atoms with van der Waals surface area (Å²) in [5.74, 6) is 1.79. The van der Waals surface area contributed by atoms with Crippen LogP contribution >= 0.6 is 0 Å². The van der Waals surface area contributed by atoms with Crippen LogP contribution in [0.5, 0.6) is 5.75 Å². The number of hydrogen-bond acceptors (Lipinski definition) is 4. The fourth-order valence-electron chi connectivity index (χ4n) is 6.34. The summed E-state index contributed by atoms with van der Waals surface area (Å²) in [4.78, 5) is 15.1. The standard InChI is InChI=1S/C37H34N4O/c1-22(2)26-10-6-11-27(23(3)4)36(26)41-21-32(40-37(41)29-12-7-14-30-28(29)13-8-20-38-30)31-19-18-25-17-16-24-9-5-15-33(42)34(24)35(25)39-31/h5-15,18-23,42H,16-17H2,1-4H3. The highest BCUT2D eigenvalue weighted by molar-refractivity contribution is 5.93. The van der Waals surface area contributed by atoms with Crippen LogP contribution in [-0.2, 0) is 12.8 Å². The molecule has 1 aliphatic carbocycles. The number of nitrogens with zero attached hydrogens (tertiary/aromatic N) is 4. The molecule has 208 valence electrons. The summed E-state index contributed by atoms with van der Waals surface area (Å²) in [6.45, 7) is 8.99. The average molecular weight is 551 g/mol. The molecule has 1 N–H and O–H groups in total. The van der Waals surface area contributed by atoms with Crippen molar-refractivity contribution in [3.63, 3.8) is 0 Å². The molecule has 0 unspecified atom stereocenters. The van der Waals surface area contributed by atoms with E-state index in [9.17, 15) is 5.11 Å². The third-order valence-electron chi connectivity index (χ3n) is 8.45. The van der Waals surface area contributed by atoms with Gasteiger partial charge in [-0.2, -0.15) is 0 Å². The van der Waals surface area contributed by atoms with Crippen LogP contribution in [0.15, 0.2) is 91.3 Å².